The molecule has 0 fully saturated rings. The van der Waals surface area contributed by atoms with Gasteiger partial charge in [0.2, 0.25) is 0 Å². The van der Waals surface area contributed by atoms with Crippen molar-refractivity contribution in [2.45, 2.75) is 27.3 Å². The van der Waals surface area contributed by atoms with Crippen molar-refractivity contribution in [1.29, 1.82) is 5.26 Å². The zero-order valence-corrected chi connectivity index (χ0v) is 13.2. The van der Waals surface area contributed by atoms with E-state index in [-0.39, 0.29) is 18.1 Å². The maximum atomic E-state index is 12.0. The number of esters is 1. The van der Waals surface area contributed by atoms with Gasteiger partial charge in [-0.05, 0) is 25.0 Å². The highest BCUT2D eigenvalue weighted by molar-refractivity contribution is 5.93. The molecular weight excluding hydrogens is 284 g/mol. The minimum absolute atomic E-state index is 0.0157. The summed E-state index contributed by atoms with van der Waals surface area (Å²) in [5.41, 5.74) is 0.526. The molecule has 0 atom stereocenters. The largest absolute Gasteiger partial charge is 0.467 e. The van der Waals surface area contributed by atoms with Crippen LogP contribution in [0.25, 0.3) is 0 Å². The van der Waals surface area contributed by atoms with Crippen LogP contribution in [0.2, 0.25) is 0 Å². The second-order valence-corrected chi connectivity index (χ2v) is 4.82. The van der Waals surface area contributed by atoms with Crippen molar-refractivity contribution >= 4 is 5.97 Å². The first kappa shape index (κ1) is 17.8. The van der Waals surface area contributed by atoms with Gasteiger partial charge in [-0.1, -0.05) is 13.8 Å². The van der Waals surface area contributed by atoms with Crippen molar-refractivity contribution in [1.82, 2.24) is 5.32 Å². The molecule has 1 aromatic heterocycles. The maximum absolute atomic E-state index is 12.0. The summed E-state index contributed by atoms with van der Waals surface area (Å²) in [7, 11) is 0. The summed E-state index contributed by atoms with van der Waals surface area (Å²) < 4.78 is 15.4. The molecule has 1 aromatic rings. The molecule has 0 aliphatic heterocycles. The standard InChI is InChI=1S/C16H22N2O4/c1-4-20-8-9-22-16(19)14(10-17)15(12(2)3)18-11-13-6-5-7-21-13/h5-7,12,18H,4,8-9,11H2,1-3H3/b15-14-. The van der Waals surface area contributed by atoms with E-state index in [1.807, 2.05) is 32.9 Å². The van der Waals surface area contributed by atoms with Gasteiger partial charge >= 0.3 is 5.97 Å². The minimum atomic E-state index is -0.641. The summed E-state index contributed by atoms with van der Waals surface area (Å²) in [5, 5.41) is 12.4. The van der Waals surface area contributed by atoms with E-state index >= 15 is 0 Å². The number of carbonyl (C=O) groups excluding carboxylic acids is 1. The Morgan fingerprint density at radius 1 is 1.45 bits per heavy atom. The van der Waals surface area contributed by atoms with Crippen LogP contribution < -0.4 is 5.32 Å². The molecule has 0 unspecified atom stereocenters. The first-order valence-corrected chi connectivity index (χ1v) is 7.25. The highest BCUT2D eigenvalue weighted by atomic mass is 16.6. The van der Waals surface area contributed by atoms with Gasteiger partial charge in [0.25, 0.3) is 0 Å². The number of nitrogens with one attached hydrogen (secondary N) is 1. The topological polar surface area (TPSA) is 84.5 Å². The van der Waals surface area contributed by atoms with E-state index < -0.39 is 5.97 Å². The summed E-state index contributed by atoms with van der Waals surface area (Å²) in [6.07, 6.45) is 1.57. The predicted molar refractivity (Wildman–Crippen MR) is 80.5 cm³/mol. The monoisotopic (exact) mass is 306 g/mol. The van der Waals surface area contributed by atoms with Gasteiger partial charge in [-0.3, -0.25) is 0 Å². The van der Waals surface area contributed by atoms with Gasteiger partial charge in [-0.15, -0.1) is 0 Å². The van der Waals surface area contributed by atoms with Gasteiger partial charge in [0.05, 0.1) is 19.4 Å². The number of nitrogens with zero attached hydrogens (tertiary/aromatic N) is 1. The fourth-order valence-corrected chi connectivity index (χ4v) is 1.80. The molecule has 1 heterocycles. The lowest BCUT2D eigenvalue weighted by atomic mass is 10.0. The quantitative estimate of drug-likeness (QED) is 0.326. The van der Waals surface area contributed by atoms with Gasteiger partial charge < -0.3 is 19.2 Å². The molecule has 6 heteroatoms. The van der Waals surface area contributed by atoms with Crippen LogP contribution in [0, 0.1) is 17.2 Å². The summed E-state index contributed by atoms with van der Waals surface area (Å²) in [5.74, 6) is 0.0575. The molecule has 0 saturated heterocycles. The van der Waals surface area contributed by atoms with Gasteiger partial charge in [-0.25, -0.2) is 4.79 Å². The molecule has 120 valence electrons. The predicted octanol–water partition coefficient (Wildman–Crippen LogP) is 2.38. The average Bonchev–Trinajstić information content (AvgIpc) is 3.00. The maximum Gasteiger partial charge on any atom is 0.350 e. The zero-order chi connectivity index (χ0) is 16.4. The molecule has 0 radical (unpaired) electrons. The zero-order valence-electron chi connectivity index (χ0n) is 13.2. The Morgan fingerprint density at radius 3 is 2.77 bits per heavy atom. The first-order valence-electron chi connectivity index (χ1n) is 7.25. The summed E-state index contributed by atoms with van der Waals surface area (Å²) in [4.78, 5) is 12.0. The molecule has 1 N–H and O–H groups in total. The molecule has 0 aliphatic rings. The van der Waals surface area contributed by atoms with E-state index in [9.17, 15) is 10.1 Å². The third-order valence-electron chi connectivity index (χ3n) is 2.86. The van der Waals surface area contributed by atoms with Crippen molar-refractivity contribution in [3.63, 3.8) is 0 Å². The molecule has 0 aliphatic carbocycles. The normalized spacial score (nSPS) is 11.8. The third kappa shape index (κ3) is 5.62. The van der Waals surface area contributed by atoms with Crippen LogP contribution in [-0.2, 0) is 20.8 Å². The second kappa shape index (κ2) is 9.64. The van der Waals surface area contributed by atoms with Crippen molar-refractivity contribution in [2.24, 2.45) is 5.92 Å². The average molecular weight is 306 g/mol. The highest BCUT2D eigenvalue weighted by Gasteiger charge is 2.19. The van der Waals surface area contributed by atoms with Crippen LogP contribution in [-0.4, -0.2) is 25.8 Å². The van der Waals surface area contributed by atoms with Crippen LogP contribution in [0.1, 0.15) is 26.5 Å². The molecular formula is C16H22N2O4. The summed E-state index contributed by atoms with van der Waals surface area (Å²) in [6.45, 7) is 7.06. The molecule has 22 heavy (non-hydrogen) atoms. The minimum Gasteiger partial charge on any atom is -0.467 e. The Balaban J connectivity index is 2.74. The molecule has 6 nitrogen and oxygen atoms in total. The Kier molecular flexibility index (Phi) is 7.79. The van der Waals surface area contributed by atoms with E-state index in [2.05, 4.69) is 5.32 Å². The molecule has 0 aromatic carbocycles. The van der Waals surface area contributed by atoms with Crippen LogP contribution in [0.15, 0.2) is 34.1 Å². The van der Waals surface area contributed by atoms with Crippen molar-refractivity contribution in [2.75, 3.05) is 19.8 Å². The van der Waals surface area contributed by atoms with E-state index in [0.717, 1.165) is 5.76 Å². The first-order chi connectivity index (χ1) is 10.6. The van der Waals surface area contributed by atoms with Crippen LogP contribution in [0.3, 0.4) is 0 Å². The highest BCUT2D eigenvalue weighted by Crippen LogP contribution is 2.14. The number of ether oxygens (including phenoxy) is 2. The van der Waals surface area contributed by atoms with E-state index in [1.54, 1.807) is 12.3 Å². The smallest absolute Gasteiger partial charge is 0.350 e. The Bertz CT molecular complexity index is 527. The lowest BCUT2D eigenvalue weighted by Gasteiger charge is -2.15. The fourth-order valence-electron chi connectivity index (χ4n) is 1.80. The number of nitriles is 1. The molecule has 0 amide bonds. The van der Waals surface area contributed by atoms with Crippen molar-refractivity contribution in [3.05, 3.63) is 35.4 Å². The van der Waals surface area contributed by atoms with E-state index in [0.29, 0.717) is 25.5 Å². The fraction of sp³-hybridized carbons (Fsp3) is 0.500. The number of hydrogen-bond donors (Lipinski definition) is 1. The number of carbonyl (C=O) groups is 1. The van der Waals surface area contributed by atoms with Crippen molar-refractivity contribution < 1.29 is 18.7 Å². The van der Waals surface area contributed by atoms with Crippen LogP contribution >= 0.6 is 0 Å². The number of rotatable bonds is 9. The number of furan rings is 1. The van der Waals surface area contributed by atoms with Gasteiger partial charge in [0, 0.05) is 12.3 Å². The molecule has 1 rings (SSSR count). The SMILES string of the molecule is CCOCCOC(=O)/C(C#N)=C(\NCc1ccco1)C(C)C. The van der Waals surface area contributed by atoms with E-state index in [1.165, 1.54) is 0 Å². The second-order valence-electron chi connectivity index (χ2n) is 4.82. The lowest BCUT2D eigenvalue weighted by molar-refractivity contribution is -0.140. The molecule has 0 spiro atoms. The van der Waals surface area contributed by atoms with E-state index in [4.69, 9.17) is 13.9 Å². The van der Waals surface area contributed by atoms with Gasteiger partial charge in [0.1, 0.15) is 18.4 Å². The molecule has 0 bridgehead atoms. The Morgan fingerprint density at radius 2 is 2.23 bits per heavy atom. The van der Waals surface area contributed by atoms with Crippen molar-refractivity contribution in [3.8, 4) is 6.07 Å². The third-order valence-corrected chi connectivity index (χ3v) is 2.86. The summed E-state index contributed by atoms with van der Waals surface area (Å²) in [6, 6.07) is 5.52. The number of hydrogen-bond acceptors (Lipinski definition) is 6. The summed E-state index contributed by atoms with van der Waals surface area (Å²) >= 11 is 0. The van der Waals surface area contributed by atoms with Crippen LogP contribution in [0.4, 0.5) is 0 Å². The Labute approximate surface area is 130 Å². The molecule has 0 saturated carbocycles. The van der Waals surface area contributed by atoms with Gasteiger partial charge in [-0.2, -0.15) is 5.26 Å². The lowest BCUT2D eigenvalue weighted by Crippen LogP contribution is -2.23. The van der Waals surface area contributed by atoms with Crippen LogP contribution in [0.5, 0.6) is 0 Å². The van der Waals surface area contributed by atoms with Gasteiger partial charge in [0.15, 0.2) is 5.57 Å². The number of allylic oxidation sites excluding steroid dienone is 1. The Hall–Kier alpha value is -2.26.